The molecule has 0 atom stereocenters. The molecule has 0 aliphatic carbocycles. The molecule has 5 nitrogen and oxygen atoms in total. The normalized spacial score (nSPS) is 11.0. The van der Waals surface area contributed by atoms with Gasteiger partial charge in [0.2, 0.25) is 0 Å². The number of hydrogen-bond acceptors (Lipinski definition) is 3. The first-order chi connectivity index (χ1) is 12.4. The van der Waals surface area contributed by atoms with Crippen LogP contribution < -0.4 is 10.3 Å². The van der Waals surface area contributed by atoms with Crippen LogP contribution in [0.1, 0.15) is 6.92 Å². The zero-order valence-electron chi connectivity index (χ0n) is 13.8. The van der Waals surface area contributed by atoms with Crippen LogP contribution in [0.3, 0.4) is 0 Å². The van der Waals surface area contributed by atoms with Gasteiger partial charge in [0.15, 0.2) is 5.75 Å². The van der Waals surface area contributed by atoms with Crippen molar-refractivity contribution in [2.75, 3.05) is 7.11 Å². The maximum absolute atomic E-state index is 14.4. The molecule has 9 heteroatoms. The zero-order chi connectivity index (χ0) is 19.0. The first kappa shape index (κ1) is 18.1. The van der Waals surface area contributed by atoms with Crippen molar-refractivity contribution in [2.24, 2.45) is 0 Å². The lowest BCUT2D eigenvalue weighted by Crippen LogP contribution is -2.25. The molecule has 0 radical (unpaired) electrons. The van der Waals surface area contributed by atoms with Gasteiger partial charge in [-0.2, -0.15) is 5.10 Å². The smallest absolute Gasteiger partial charge is 0.293 e. The molecule has 0 amide bonds. The highest BCUT2D eigenvalue weighted by atomic mass is 35.5. The van der Waals surface area contributed by atoms with Gasteiger partial charge in [-0.25, -0.2) is 17.9 Å². The van der Waals surface area contributed by atoms with E-state index in [2.05, 4.69) is 5.10 Å². The molecular weight excluding hydrogens is 371 g/mol. The molecule has 1 aromatic carbocycles. The highest BCUT2D eigenvalue weighted by Crippen LogP contribution is 2.33. The van der Waals surface area contributed by atoms with E-state index >= 15 is 0 Å². The molecule has 2 heterocycles. The Balaban J connectivity index is 2.47. The summed E-state index contributed by atoms with van der Waals surface area (Å²) in [6.45, 7) is 1.72. The lowest BCUT2D eigenvalue weighted by molar-refractivity contribution is 0.403. The van der Waals surface area contributed by atoms with Crippen LogP contribution in [0.2, 0.25) is 5.02 Å². The topological polar surface area (TPSA) is 49.0 Å². The number of hydrogen-bond donors (Lipinski definition) is 0. The van der Waals surface area contributed by atoms with Crippen molar-refractivity contribution in [2.45, 2.75) is 13.5 Å². The Hall–Kier alpha value is -2.74. The van der Waals surface area contributed by atoms with Gasteiger partial charge in [-0.3, -0.25) is 4.79 Å². The summed E-state index contributed by atoms with van der Waals surface area (Å²) in [7, 11) is 1.30. The number of nitrogens with zero attached hydrogens (tertiary/aromatic N) is 3. The van der Waals surface area contributed by atoms with Crippen LogP contribution in [-0.4, -0.2) is 21.5 Å². The summed E-state index contributed by atoms with van der Waals surface area (Å²) in [4.78, 5) is 12.6. The van der Waals surface area contributed by atoms with E-state index in [1.807, 2.05) is 0 Å². The average molecular weight is 384 g/mol. The quantitative estimate of drug-likeness (QED) is 0.688. The van der Waals surface area contributed by atoms with E-state index in [1.54, 1.807) is 6.92 Å². The minimum atomic E-state index is -1.14. The third-order valence-corrected chi connectivity index (χ3v) is 4.01. The SMILES string of the molecule is CCn1c(-c2c(F)cc(F)cc2F)c(-n2cc(Cl)cn2)cc(OC)c1=O. The molecule has 3 rings (SSSR count). The number of halogens is 4. The lowest BCUT2D eigenvalue weighted by Gasteiger charge is -2.18. The van der Waals surface area contributed by atoms with Crippen LogP contribution in [0.4, 0.5) is 13.2 Å². The van der Waals surface area contributed by atoms with Gasteiger partial charge in [-0.1, -0.05) is 11.6 Å². The van der Waals surface area contributed by atoms with Crippen molar-refractivity contribution >= 4 is 11.6 Å². The number of ether oxygens (including phenoxy) is 1. The van der Waals surface area contributed by atoms with E-state index in [4.69, 9.17) is 16.3 Å². The van der Waals surface area contributed by atoms with Gasteiger partial charge >= 0.3 is 0 Å². The van der Waals surface area contributed by atoms with Gasteiger partial charge in [0.05, 0.1) is 35.3 Å². The second-order valence-electron chi connectivity index (χ2n) is 5.34. The standard InChI is InChI=1S/C17H13ClF3N3O2/c1-3-23-16(15-11(20)4-10(19)5-12(15)21)13(6-14(26-2)17(23)25)24-8-9(18)7-22-24/h4-8H,3H2,1-2H3. The van der Waals surface area contributed by atoms with Crippen LogP contribution in [0.25, 0.3) is 16.9 Å². The van der Waals surface area contributed by atoms with Crippen LogP contribution in [0.5, 0.6) is 5.75 Å². The Bertz CT molecular complexity index is 1020. The Morgan fingerprint density at radius 1 is 1.19 bits per heavy atom. The second-order valence-corrected chi connectivity index (χ2v) is 5.78. The fourth-order valence-electron chi connectivity index (χ4n) is 2.71. The largest absolute Gasteiger partial charge is 0.491 e. The van der Waals surface area contributed by atoms with Crippen molar-refractivity contribution in [1.29, 1.82) is 0 Å². The molecule has 2 aromatic heterocycles. The molecule has 0 aliphatic rings. The Morgan fingerprint density at radius 2 is 1.85 bits per heavy atom. The number of aromatic nitrogens is 3. The van der Waals surface area contributed by atoms with E-state index in [-0.39, 0.29) is 28.7 Å². The van der Waals surface area contributed by atoms with Crippen molar-refractivity contribution in [3.8, 4) is 22.7 Å². The highest BCUT2D eigenvalue weighted by Gasteiger charge is 2.24. The van der Waals surface area contributed by atoms with Crippen LogP contribution in [-0.2, 0) is 6.54 Å². The van der Waals surface area contributed by atoms with E-state index < -0.39 is 28.6 Å². The van der Waals surface area contributed by atoms with Gasteiger partial charge < -0.3 is 9.30 Å². The highest BCUT2D eigenvalue weighted by molar-refractivity contribution is 6.30. The van der Waals surface area contributed by atoms with Crippen molar-refractivity contribution in [3.05, 3.63) is 63.4 Å². The molecule has 0 spiro atoms. The molecule has 0 saturated heterocycles. The molecular formula is C17H13ClF3N3O2. The predicted octanol–water partition coefficient (Wildman–Crippen LogP) is 3.80. The monoisotopic (exact) mass is 383 g/mol. The molecule has 136 valence electrons. The van der Waals surface area contributed by atoms with Crippen molar-refractivity contribution < 1.29 is 17.9 Å². The maximum atomic E-state index is 14.4. The number of rotatable bonds is 4. The fraction of sp³-hybridized carbons (Fsp3) is 0.176. The van der Waals surface area contributed by atoms with Crippen molar-refractivity contribution in [1.82, 2.24) is 14.3 Å². The maximum Gasteiger partial charge on any atom is 0.293 e. The summed E-state index contributed by atoms with van der Waals surface area (Å²) < 4.78 is 49.7. The molecule has 0 aliphatic heterocycles. The predicted molar refractivity (Wildman–Crippen MR) is 90.4 cm³/mol. The zero-order valence-corrected chi connectivity index (χ0v) is 14.5. The fourth-order valence-corrected chi connectivity index (χ4v) is 2.85. The van der Waals surface area contributed by atoms with Crippen LogP contribution >= 0.6 is 11.6 Å². The van der Waals surface area contributed by atoms with E-state index in [0.717, 1.165) is 4.57 Å². The third-order valence-electron chi connectivity index (χ3n) is 3.81. The molecule has 0 saturated carbocycles. The van der Waals surface area contributed by atoms with E-state index in [1.165, 1.54) is 30.3 Å². The number of pyridine rings is 1. The van der Waals surface area contributed by atoms with Gasteiger partial charge in [-0.15, -0.1) is 0 Å². The summed E-state index contributed by atoms with van der Waals surface area (Å²) in [5.41, 5.74) is -1.09. The summed E-state index contributed by atoms with van der Waals surface area (Å²) in [5.74, 6) is -3.39. The first-order valence-electron chi connectivity index (χ1n) is 7.54. The average Bonchev–Trinajstić information content (AvgIpc) is 3.00. The minimum absolute atomic E-state index is 0.0415. The molecule has 0 bridgehead atoms. The van der Waals surface area contributed by atoms with Gasteiger partial charge in [0, 0.05) is 30.9 Å². The Morgan fingerprint density at radius 3 is 2.35 bits per heavy atom. The Labute approximate surface area is 151 Å². The summed E-state index contributed by atoms with van der Waals surface area (Å²) in [6.07, 6.45) is 2.74. The summed E-state index contributed by atoms with van der Waals surface area (Å²) in [6, 6.07) is 2.40. The summed E-state index contributed by atoms with van der Waals surface area (Å²) >= 11 is 5.89. The number of benzene rings is 1. The van der Waals surface area contributed by atoms with Crippen LogP contribution in [0.15, 0.2) is 35.4 Å². The Kier molecular flexibility index (Phi) is 4.78. The second kappa shape index (κ2) is 6.87. The lowest BCUT2D eigenvalue weighted by atomic mass is 10.1. The van der Waals surface area contributed by atoms with E-state index in [9.17, 15) is 18.0 Å². The molecule has 26 heavy (non-hydrogen) atoms. The van der Waals surface area contributed by atoms with Gasteiger partial charge in [0.1, 0.15) is 17.5 Å². The molecule has 0 unspecified atom stereocenters. The van der Waals surface area contributed by atoms with Crippen LogP contribution in [0, 0.1) is 17.5 Å². The summed E-state index contributed by atoms with van der Waals surface area (Å²) in [5, 5.41) is 4.31. The minimum Gasteiger partial charge on any atom is -0.491 e. The number of methoxy groups -OCH3 is 1. The van der Waals surface area contributed by atoms with Gasteiger partial charge in [-0.05, 0) is 6.92 Å². The first-order valence-corrected chi connectivity index (χ1v) is 7.92. The van der Waals surface area contributed by atoms with Gasteiger partial charge in [0.25, 0.3) is 5.56 Å². The van der Waals surface area contributed by atoms with E-state index in [0.29, 0.717) is 12.1 Å². The molecule has 0 N–H and O–H groups in total. The molecule has 0 fully saturated rings. The third kappa shape index (κ3) is 2.96. The molecule has 3 aromatic rings. The van der Waals surface area contributed by atoms with Crippen molar-refractivity contribution in [3.63, 3.8) is 0 Å².